The SMILES string of the molecule is O=C(NC(CO)(CO)CO)c1cc(Br)c(Br)s1. The minimum Gasteiger partial charge on any atom is -0.394 e. The first kappa shape index (κ1) is 15.1. The number of hydrogen-bond donors (Lipinski definition) is 4. The van der Waals surface area contributed by atoms with E-state index in [9.17, 15) is 4.79 Å². The van der Waals surface area contributed by atoms with Crippen molar-refractivity contribution >= 4 is 49.1 Å². The normalized spacial score (nSPS) is 11.6. The number of aliphatic hydroxyl groups excluding tert-OH is 3. The molecule has 0 saturated heterocycles. The molecule has 0 unspecified atom stereocenters. The lowest BCUT2D eigenvalue weighted by atomic mass is 10.0. The van der Waals surface area contributed by atoms with E-state index in [0.29, 0.717) is 4.88 Å². The average Bonchev–Trinajstić information content (AvgIpc) is 2.67. The summed E-state index contributed by atoms with van der Waals surface area (Å²) in [4.78, 5) is 12.2. The number of amides is 1. The summed E-state index contributed by atoms with van der Waals surface area (Å²) in [6.45, 7) is -1.63. The van der Waals surface area contributed by atoms with E-state index in [0.717, 1.165) is 8.26 Å². The second kappa shape index (κ2) is 6.26. The number of halogens is 2. The van der Waals surface area contributed by atoms with Gasteiger partial charge in [-0.2, -0.15) is 0 Å². The van der Waals surface area contributed by atoms with Crippen LogP contribution in [0.3, 0.4) is 0 Å². The van der Waals surface area contributed by atoms with Crippen molar-refractivity contribution in [2.75, 3.05) is 19.8 Å². The van der Waals surface area contributed by atoms with Crippen LogP contribution in [-0.4, -0.2) is 46.6 Å². The van der Waals surface area contributed by atoms with E-state index in [2.05, 4.69) is 37.2 Å². The quantitative estimate of drug-likeness (QED) is 0.598. The first-order chi connectivity index (χ1) is 7.98. The van der Waals surface area contributed by atoms with Gasteiger partial charge in [0.1, 0.15) is 5.54 Å². The summed E-state index contributed by atoms with van der Waals surface area (Å²) in [6, 6.07) is 1.61. The molecule has 17 heavy (non-hydrogen) atoms. The molecule has 0 aliphatic rings. The summed E-state index contributed by atoms with van der Waals surface area (Å²) in [7, 11) is 0. The highest BCUT2D eigenvalue weighted by molar-refractivity contribution is 9.13. The summed E-state index contributed by atoms with van der Waals surface area (Å²) in [5.74, 6) is -0.460. The number of carbonyl (C=O) groups excluding carboxylic acids is 1. The number of thiophene rings is 1. The minimum atomic E-state index is -1.40. The van der Waals surface area contributed by atoms with Gasteiger partial charge in [0.05, 0.1) is 28.5 Å². The van der Waals surface area contributed by atoms with E-state index in [4.69, 9.17) is 15.3 Å². The molecule has 5 nitrogen and oxygen atoms in total. The van der Waals surface area contributed by atoms with Crippen molar-refractivity contribution < 1.29 is 20.1 Å². The van der Waals surface area contributed by atoms with Crippen molar-refractivity contribution in [3.63, 3.8) is 0 Å². The maximum atomic E-state index is 11.8. The third-order valence-electron chi connectivity index (χ3n) is 2.16. The van der Waals surface area contributed by atoms with Crippen LogP contribution >= 0.6 is 43.2 Å². The van der Waals surface area contributed by atoms with E-state index in [1.807, 2.05) is 0 Å². The van der Waals surface area contributed by atoms with Gasteiger partial charge in [0.25, 0.3) is 5.91 Å². The molecule has 1 aromatic heterocycles. The molecule has 8 heteroatoms. The Hall–Kier alpha value is 0.01000. The van der Waals surface area contributed by atoms with Gasteiger partial charge < -0.3 is 20.6 Å². The van der Waals surface area contributed by atoms with Crippen LogP contribution in [0.4, 0.5) is 0 Å². The highest BCUT2D eigenvalue weighted by Crippen LogP contribution is 2.32. The molecule has 1 amide bonds. The standard InChI is InChI=1S/C9H11Br2NO4S/c10-5-1-6(17-7(5)11)8(16)12-9(2-13,3-14)4-15/h1,13-15H,2-4H2,(H,12,16). The molecule has 0 spiro atoms. The fraction of sp³-hybridized carbons (Fsp3) is 0.444. The fourth-order valence-corrected chi connectivity index (χ4v) is 2.96. The van der Waals surface area contributed by atoms with Crippen LogP contribution in [0.5, 0.6) is 0 Å². The Bertz CT molecular complexity index is 378. The molecule has 0 aliphatic carbocycles. The van der Waals surface area contributed by atoms with Gasteiger partial charge >= 0.3 is 0 Å². The van der Waals surface area contributed by atoms with Gasteiger partial charge in [0.15, 0.2) is 0 Å². The molecule has 0 radical (unpaired) electrons. The largest absolute Gasteiger partial charge is 0.394 e. The van der Waals surface area contributed by atoms with Crippen LogP contribution in [0.1, 0.15) is 9.67 Å². The third-order valence-corrected chi connectivity index (χ3v) is 5.41. The zero-order chi connectivity index (χ0) is 13.1. The Morgan fingerprint density at radius 3 is 2.18 bits per heavy atom. The van der Waals surface area contributed by atoms with Gasteiger partial charge in [-0.1, -0.05) is 0 Å². The number of carbonyl (C=O) groups is 1. The van der Waals surface area contributed by atoms with Gasteiger partial charge in [-0.15, -0.1) is 11.3 Å². The second-order valence-electron chi connectivity index (χ2n) is 3.44. The molecule has 0 atom stereocenters. The molecule has 0 aromatic carbocycles. The first-order valence-electron chi connectivity index (χ1n) is 4.58. The number of hydrogen-bond acceptors (Lipinski definition) is 5. The third kappa shape index (κ3) is 3.49. The summed E-state index contributed by atoms with van der Waals surface area (Å²) in [5.41, 5.74) is -1.40. The summed E-state index contributed by atoms with van der Waals surface area (Å²) < 4.78 is 1.51. The smallest absolute Gasteiger partial charge is 0.262 e. The second-order valence-corrected chi connectivity index (χ2v) is 6.67. The summed E-state index contributed by atoms with van der Waals surface area (Å²) in [5, 5.41) is 29.7. The van der Waals surface area contributed by atoms with Crippen molar-refractivity contribution in [2.45, 2.75) is 5.54 Å². The highest BCUT2D eigenvalue weighted by atomic mass is 79.9. The van der Waals surface area contributed by atoms with Crippen LogP contribution in [0.25, 0.3) is 0 Å². The lowest BCUT2D eigenvalue weighted by Crippen LogP contribution is -2.56. The number of rotatable bonds is 5. The van der Waals surface area contributed by atoms with Crippen LogP contribution < -0.4 is 5.32 Å². The number of aliphatic hydroxyl groups is 3. The molecule has 0 aliphatic heterocycles. The Balaban J connectivity index is 2.84. The molecule has 0 fully saturated rings. The molecule has 1 rings (SSSR count). The van der Waals surface area contributed by atoms with Crippen molar-refractivity contribution in [3.8, 4) is 0 Å². The number of nitrogens with one attached hydrogen (secondary N) is 1. The van der Waals surface area contributed by atoms with Gasteiger partial charge in [-0.25, -0.2) is 0 Å². The average molecular weight is 389 g/mol. The van der Waals surface area contributed by atoms with Crippen molar-refractivity contribution in [1.29, 1.82) is 0 Å². The van der Waals surface area contributed by atoms with Gasteiger partial charge in [0, 0.05) is 4.47 Å². The topological polar surface area (TPSA) is 89.8 Å². The van der Waals surface area contributed by atoms with Crippen molar-refractivity contribution in [2.24, 2.45) is 0 Å². The summed E-state index contributed by atoms with van der Waals surface area (Å²) >= 11 is 7.72. The summed E-state index contributed by atoms with van der Waals surface area (Å²) in [6.07, 6.45) is 0. The van der Waals surface area contributed by atoms with Gasteiger partial charge in [-0.3, -0.25) is 4.79 Å². The molecular weight excluding hydrogens is 378 g/mol. The maximum Gasteiger partial charge on any atom is 0.262 e. The lowest BCUT2D eigenvalue weighted by molar-refractivity contribution is 0.0377. The van der Waals surface area contributed by atoms with Crippen LogP contribution in [-0.2, 0) is 0 Å². The minimum absolute atomic E-state index is 0.406. The zero-order valence-corrected chi connectivity index (χ0v) is 12.6. The molecule has 96 valence electrons. The fourth-order valence-electron chi connectivity index (χ4n) is 1.03. The molecular formula is C9H11Br2NO4S. The molecule has 1 aromatic rings. The molecule has 0 saturated carbocycles. The van der Waals surface area contributed by atoms with E-state index in [-0.39, 0.29) is 0 Å². The Morgan fingerprint density at radius 2 is 1.82 bits per heavy atom. The van der Waals surface area contributed by atoms with Gasteiger partial charge in [-0.05, 0) is 37.9 Å². The lowest BCUT2D eigenvalue weighted by Gasteiger charge is -2.28. The van der Waals surface area contributed by atoms with Gasteiger partial charge in [0.2, 0.25) is 0 Å². The molecule has 4 N–H and O–H groups in total. The Labute approximate surface area is 119 Å². The van der Waals surface area contributed by atoms with E-state index < -0.39 is 31.3 Å². The Morgan fingerprint density at radius 1 is 1.29 bits per heavy atom. The molecule has 1 heterocycles. The molecule has 0 bridgehead atoms. The first-order valence-corrected chi connectivity index (χ1v) is 6.98. The Kier molecular flexibility index (Phi) is 5.55. The van der Waals surface area contributed by atoms with E-state index >= 15 is 0 Å². The predicted molar refractivity (Wildman–Crippen MR) is 71.2 cm³/mol. The van der Waals surface area contributed by atoms with Crippen molar-refractivity contribution in [1.82, 2.24) is 5.32 Å². The maximum absolute atomic E-state index is 11.8. The van der Waals surface area contributed by atoms with Crippen LogP contribution in [0.2, 0.25) is 0 Å². The van der Waals surface area contributed by atoms with Crippen LogP contribution in [0.15, 0.2) is 14.3 Å². The van der Waals surface area contributed by atoms with E-state index in [1.165, 1.54) is 11.3 Å². The highest BCUT2D eigenvalue weighted by Gasteiger charge is 2.30. The van der Waals surface area contributed by atoms with Crippen molar-refractivity contribution in [3.05, 3.63) is 19.2 Å². The zero-order valence-electron chi connectivity index (χ0n) is 8.61. The van der Waals surface area contributed by atoms with E-state index in [1.54, 1.807) is 6.07 Å². The monoisotopic (exact) mass is 387 g/mol. The van der Waals surface area contributed by atoms with Crippen LogP contribution in [0, 0.1) is 0 Å². The predicted octanol–water partition coefficient (Wildman–Crippen LogP) is 0.719.